The summed E-state index contributed by atoms with van der Waals surface area (Å²) in [5.74, 6) is -0.556. The first-order valence-electron chi connectivity index (χ1n) is 4.40. The molecule has 5 heteroatoms. The molecule has 2 N–H and O–H groups in total. The Morgan fingerprint density at radius 1 is 1.20 bits per heavy atom. The van der Waals surface area contributed by atoms with E-state index in [9.17, 15) is 23.4 Å². The number of rotatable bonds is 2. The topological polar surface area (TPSA) is 40.5 Å². The Hall–Kier alpha value is -1.23. The first-order valence-corrected chi connectivity index (χ1v) is 4.40. The highest BCUT2D eigenvalue weighted by atomic mass is 19.4. The molecular weight excluding hydrogens is 209 g/mol. The van der Waals surface area contributed by atoms with Gasteiger partial charge in [-0.2, -0.15) is 13.2 Å². The largest absolute Gasteiger partial charge is 0.508 e. The van der Waals surface area contributed by atoms with Crippen LogP contribution in [-0.4, -0.2) is 16.4 Å². The Bertz CT molecular complexity index is 349. The third kappa shape index (κ3) is 1.92. The lowest BCUT2D eigenvalue weighted by Gasteiger charge is -2.30. The molecule has 0 aliphatic heterocycles. The predicted octanol–water partition coefficient (Wildman–Crippen LogP) is 2.55. The van der Waals surface area contributed by atoms with Crippen LogP contribution in [0.3, 0.4) is 0 Å². The van der Waals surface area contributed by atoms with Crippen molar-refractivity contribution < 1.29 is 23.4 Å². The summed E-state index contributed by atoms with van der Waals surface area (Å²) in [6, 6.07) is 4.90. The van der Waals surface area contributed by atoms with E-state index in [1.54, 1.807) is 0 Å². The zero-order valence-electron chi connectivity index (χ0n) is 8.04. The second-order valence-electron chi connectivity index (χ2n) is 3.23. The Morgan fingerprint density at radius 3 is 2.13 bits per heavy atom. The SMILES string of the molecule is CCC(O)(c1ccccc1O)C(F)(F)F. The molecule has 0 amide bonds. The number of hydrogen-bond donors (Lipinski definition) is 2. The minimum absolute atomic E-state index is 0.514. The molecule has 15 heavy (non-hydrogen) atoms. The number of phenols is 1. The Kier molecular flexibility index (Phi) is 2.95. The Labute approximate surface area is 85.0 Å². The lowest BCUT2D eigenvalue weighted by molar-refractivity contribution is -0.268. The van der Waals surface area contributed by atoms with E-state index < -0.39 is 29.5 Å². The molecule has 0 aliphatic rings. The van der Waals surface area contributed by atoms with Crippen LogP contribution < -0.4 is 0 Å². The van der Waals surface area contributed by atoms with Gasteiger partial charge >= 0.3 is 6.18 Å². The van der Waals surface area contributed by atoms with Gasteiger partial charge in [0.1, 0.15) is 5.75 Å². The van der Waals surface area contributed by atoms with Gasteiger partial charge in [0.25, 0.3) is 0 Å². The molecule has 2 nitrogen and oxygen atoms in total. The highest BCUT2D eigenvalue weighted by Gasteiger charge is 2.54. The standard InChI is InChI=1S/C10H11F3O2/c1-2-9(15,10(11,12)13)7-5-3-4-6-8(7)14/h3-6,14-15H,2H2,1H3. The number of para-hydroxylation sites is 1. The fourth-order valence-corrected chi connectivity index (χ4v) is 1.37. The maximum Gasteiger partial charge on any atom is 0.421 e. The lowest BCUT2D eigenvalue weighted by atomic mass is 9.90. The summed E-state index contributed by atoms with van der Waals surface area (Å²) in [7, 11) is 0. The first-order chi connectivity index (χ1) is 6.83. The van der Waals surface area contributed by atoms with Gasteiger partial charge in [0.2, 0.25) is 0 Å². The molecule has 0 heterocycles. The van der Waals surface area contributed by atoms with Crippen molar-refractivity contribution in [2.75, 3.05) is 0 Å². The summed E-state index contributed by atoms with van der Waals surface area (Å²) in [4.78, 5) is 0. The van der Waals surface area contributed by atoms with Crippen molar-refractivity contribution >= 4 is 0 Å². The van der Waals surface area contributed by atoms with E-state index in [-0.39, 0.29) is 0 Å². The number of aliphatic hydroxyl groups is 1. The Balaban J connectivity index is 3.30. The highest BCUT2D eigenvalue weighted by Crippen LogP contribution is 2.44. The van der Waals surface area contributed by atoms with Crippen LogP contribution in [0.2, 0.25) is 0 Å². The molecule has 0 spiro atoms. The summed E-state index contributed by atoms with van der Waals surface area (Å²) in [5.41, 5.74) is -3.50. The van der Waals surface area contributed by atoms with E-state index in [0.717, 1.165) is 12.1 Å². The van der Waals surface area contributed by atoms with Crippen LogP contribution in [0.5, 0.6) is 5.75 Å². The Morgan fingerprint density at radius 2 is 1.73 bits per heavy atom. The summed E-state index contributed by atoms with van der Waals surface area (Å²) >= 11 is 0. The van der Waals surface area contributed by atoms with Crippen molar-refractivity contribution in [1.82, 2.24) is 0 Å². The zero-order chi connectivity index (χ0) is 11.7. The summed E-state index contributed by atoms with van der Waals surface area (Å²) < 4.78 is 37.8. The highest BCUT2D eigenvalue weighted by molar-refractivity contribution is 5.37. The molecule has 0 radical (unpaired) electrons. The molecule has 0 bridgehead atoms. The van der Waals surface area contributed by atoms with Crippen LogP contribution >= 0.6 is 0 Å². The minimum Gasteiger partial charge on any atom is -0.508 e. The van der Waals surface area contributed by atoms with Crippen molar-refractivity contribution in [2.45, 2.75) is 25.1 Å². The van der Waals surface area contributed by atoms with Crippen LogP contribution in [0.25, 0.3) is 0 Å². The molecular formula is C10H11F3O2. The van der Waals surface area contributed by atoms with Crippen LogP contribution in [0.1, 0.15) is 18.9 Å². The van der Waals surface area contributed by atoms with Gasteiger partial charge in [-0.05, 0) is 12.5 Å². The van der Waals surface area contributed by atoms with Gasteiger partial charge in [-0.1, -0.05) is 25.1 Å². The lowest BCUT2D eigenvalue weighted by Crippen LogP contribution is -2.41. The summed E-state index contributed by atoms with van der Waals surface area (Å²) in [5, 5.41) is 18.8. The van der Waals surface area contributed by atoms with Crippen molar-refractivity contribution in [3.8, 4) is 5.75 Å². The van der Waals surface area contributed by atoms with E-state index in [0.29, 0.717) is 0 Å². The van der Waals surface area contributed by atoms with E-state index in [1.165, 1.54) is 19.1 Å². The number of hydrogen-bond acceptors (Lipinski definition) is 2. The summed E-state index contributed by atoms with van der Waals surface area (Å²) in [6.07, 6.45) is -5.35. The van der Waals surface area contributed by atoms with Gasteiger partial charge in [-0.15, -0.1) is 0 Å². The molecule has 1 aromatic rings. The molecule has 1 rings (SSSR count). The van der Waals surface area contributed by atoms with Gasteiger partial charge in [0.15, 0.2) is 5.60 Å². The fraction of sp³-hybridized carbons (Fsp3) is 0.400. The van der Waals surface area contributed by atoms with E-state index >= 15 is 0 Å². The maximum absolute atomic E-state index is 12.6. The quantitative estimate of drug-likeness (QED) is 0.804. The number of phenolic OH excluding ortho intramolecular Hbond substituents is 1. The van der Waals surface area contributed by atoms with Crippen molar-refractivity contribution in [2.24, 2.45) is 0 Å². The molecule has 0 aliphatic carbocycles. The molecule has 0 fully saturated rings. The molecule has 0 saturated heterocycles. The van der Waals surface area contributed by atoms with E-state index in [1.807, 2.05) is 0 Å². The summed E-state index contributed by atoms with van der Waals surface area (Å²) in [6.45, 7) is 1.21. The molecule has 1 unspecified atom stereocenters. The van der Waals surface area contributed by atoms with Gasteiger partial charge < -0.3 is 10.2 Å². The third-order valence-electron chi connectivity index (χ3n) is 2.33. The van der Waals surface area contributed by atoms with Gasteiger partial charge in [-0.3, -0.25) is 0 Å². The third-order valence-corrected chi connectivity index (χ3v) is 2.33. The van der Waals surface area contributed by atoms with Crippen molar-refractivity contribution in [3.05, 3.63) is 29.8 Å². The van der Waals surface area contributed by atoms with E-state index in [2.05, 4.69) is 0 Å². The van der Waals surface area contributed by atoms with Crippen LogP contribution in [0.15, 0.2) is 24.3 Å². The predicted molar refractivity (Wildman–Crippen MR) is 48.3 cm³/mol. The molecule has 0 saturated carbocycles. The zero-order valence-corrected chi connectivity index (χ0v) is 8.04. The van der Waals surface area contributed by atoms with Crippen LogP contribution in [0.4, 0.5) is 13.2 Å². The normalized spacial score (nSPS) is 16.1. The molecule has 84 valence electrons. The monoisotopic (exact) mass is 220 g/mol. The minimum atomic E-state index is -4.80. The van der Waals surface area contributed by atoms with Crippen molar-refractivity contribution in [3.63, 3.8) is 0 Å². The molecule has 1 atom stereocenters. The average molecular weight is 220 g/mol. The fourth-order valence-electron chi connectivity index (χ4n) is 1.37. The average Bonchev–Trinajstić information content (AvgIpc) is 2.15. The second kappa shape index (κ2) is 3.73. The number of halogens is 3. The number of aromatic hydroxyl groups is 1. The van der Waals surface area contributed by atoms with Crippen LogP contribution in [-0.2, 0) is 5.60 Å². The smallest absolute Gasteiger partial charge is 0.421 e. The van der Waals surface area contributed by atoms with Crippen molar-refractivity contribution in [1.29, 1.82) is 0 Å². The van der Waals surface area contributed by atoms with Gasteiger partial charge in [-0.25, -0.2) is 0 Å². The van der Waals surface area contributed by atoms with Crippen LogP contribution in [0, 0.1) is 0 Å². The number of alkyl halides is 3. The first kappa shape index (κ1) is 11.8. The number of benzene rings is 1. The molecule has 0 aromatic heterocycles. The molecule has 1 aromatic carbocycles. The maximum atomic E-state index is 12.6. The van der Waals surface area contributed by atoms with Gasteiger partial charge in [0.05, 0.1) is 0 Å². The second-order valence-corrected chi connectivity index (χ2v) is 3.23. The van der Waals surface area contributed by atoms with Gasteiger partial charge in [0, 0.05) is 5.56 Å². The van der Waals surface area contributed by atoms with E-state index in [4.69, 9.17) is 0 Å².